The lowest BCUT2D eigenvalue weighted by Crippen LogP contribution is -2.09. The van der Waals surface area contributed by atoms with Crippen LogP contribution in [0, 0.1) is 5.82 Å². The number of nitrogen functional groups attached to an aromatic ring is 1. The summed E-state index contributed by atoms with van der Waals surface area (Å²) in [5, 5.41) is 13.4. The number of halogens is 1. The molecule has 3 rings (SSSR count). The van der Waals surface area contributed by atoms with Gasteiger partial charge < -0.3 is 15.6 Å². The fourth-order valence-electron chi connectivity index (χ4n) is 2.28. The lowest BCUT2D eigenvalue weighted by molar-refractivity contribution is 0.0688. The van der Waals surface area contributed by atoms with Crippen LogP contribution in [0.25, 0.3) is 16.8 Å². The minimum absolute atomic E-state index is 0.0501. The molecule has 0 saturated heterocycles. The van der Waals surface area contributed by atoms with Gasteiger partial charge in [-0.1, -0.05) is 0 Å². The molecule has 0 atom stereocenters. The Morgan fingerprint density at radius 3 is 2.77 bits per heavy atom. The zero-order valence-electron chi connectivity index (χ0n) is 11.4. The highest BCUT2D eigenvalue weighted by Crippen LogP contribution is 2.33. The number of ether oxygens (including phenoxy) is 1. The summed E-state index contributed by atoms with van der Waals surface area (Å²) in [4.78, 5) is 15.6. The van der Waals surface area contributed by atoms with Crippen LogP contribution < -0.4 is 10.5 Å². The van der Waals surface area contributed by atoms with Gasteiger partial charge in [0, 0.05) is 11.1 Å². The third-order valence-corrected chi connectivity index (χ3v) is 3.17. The molecule has 0 aliphatic carbocycles. The van der Waals surface area contributed by atoms with Crippen LogP contribution in [0.4, 0.5) is 10.3 Å². The zero-order chi connectivity index (χ0) is 15.9. The van der Waals surface area contributed by atoms with Gasteiger partial charge in [0.05, 0.1) is 7.11 Å². The number of hydrogen-bond acceptors (Lipinski definition) is 5. The Hall–Kier alpha value is -3.16. The van der Waals surface area contributed by atoms with Gasteiger partial charge >= 0.3 is 5.97 Å². The summed E-state index contributed by atoms with van der Waals surface area (Å²) in [5.41, 5.74) is 6.17. The second-order valence-electron chi connectivity index (χ2n) is 4.49. The minimum atomic E-state index is -1.24. The summed E-state index contributed by atoms with van der Waals surface area (Å²) >= 11 is 0. The van der Waals surface area contributed by atoms with Gasteiger partial charge in [-0.25, -0.2) is 13.7 Å². The molecule has 112 valence electrons. The van der Waals surface area contributed by atoms with E-state index in [-0.39, 0.29) is 22.9 Å². The average Bonchev–Trinajstić information content (AvgIpc) is 2.85. The highest BCUT2D eigenvalue weighted by molar-refractivity contribution is 5.96. The molecule has 8 heteroatoms. The number of anilines is 1. The number of carbonyl (C=O) groups is 1. The molecule has 2 aromatic heterocycles. The molecule has 0 amide bonds. The standard InChI is InChI=1S/C14H11FN4O3/c1-22-10-4-2-7(15)6-9(10)8-3-5-11-17-14(16)18-19(11)12(8)13(20)21/h2-6H,1H3,(H2,16,18)(H,20,21). The van der Waals surface area contributed by atoms with Crippen molar-refractivity contribution in [2.75, 3.05) is 12.8 Å². The molecular weight excluding hydrogens is 291 g/mol. The Morgan fingerprint density at radius 1 is 1.32 bits per heavy atom. The van der Waals surface area contributed by atoms with E-state index < -0.39 is 11.8 Å². The van der Waals surface area contributed by atoms with Gasteiger partial charge in [-0.15, -0.1) is 5.10 Å². The maximum atomic E-state index is 13.6. The van der Waals surface area contributed by atoms with E-state index >= 15 is 0 Å². The van der Waals surface area contributed by atoms with Crippen LogP contribution in [0.2, 0.25) is 0 Å². The highest BCUT2D eigenvalue weighted by Gasteiger charge is 2.21. The van der Waals surface area contributed by atoms with E-state index in [1.807, 2.05) is 0 Å². The molecule has 2 heterocycles. The van der Waals surface area contributed by atoms with Crippen molar-refractivity contribution >= 4 is 17.6 Å². The molecular formula is C14H11FN4O3. The number of aromatic nitrogens is 3. The maximum Gasteiger partial charge on any atom is 0.355 e. The van der Waals surface area contributed by atoms with Crippen molar-refractivity contribution in [3.8, 4) is 16.9 Å². The van der Waals surface area contributed by atoms with Crippen LogP contribution in [0.15, 0.2) is 30.3 Å². The number of nitrogens with zero attached hydrogens (tertiary/aromatic N) is 3. The van der Waals surface area contributed by atoms with E-state index in [9.17, 15) is 14.3 Å². The molecule has 0 aliphatic rings. The number of fused-ring (bicyclic) bond motifs is 1. The normalized spacial score (nSPS) is 10.8. The Bertz CT molecular complexity index is 891. The van der Waals surface area contributed by atoms with Gasteiger partial charge in [0.15, 0.2) is 11.3 Å². The first-order valence-electron chi connectivity index (χ1n) is 6.23. The number of carboxylic acids is 1. The number of nitrogens with two attached hydrogens (primary N) is 1. The molecule has 7 nitrogen and oxygen atoms in total. The van der Waals surface area contributed by atoms with Crippen molar-refractivity contribution in [1.29, 1.82) is 0 Å². The maximum absolute atomic E-state index is 13.6. The van der Waals surface area contributed by atoms with Gasteiger partial charge in [-0.2, -0.15) is 4.98 Å². The lowest BCUT2D eigenvalue weighted by Gasteiger charge is -2.12. The average molecular weight is 302 g/mol. The summed E-state index contributed by atoms with van der Waals surface area (Å²) in [6.07, 6.45) is 0. The number of aromatic carboxylic acids is 1. The van der Waals surface area contributed by atoms with E-state index in [4.69, 9.17) is 10.5 Å². The van der Waals surface area contributed by atoms with Crippen molar-refractivity contribution in [2.24, 2.45) is 0 Å². The first-order valence-corrected chi connectivity index (χ1v) is 6.23. The van der Waals surface area contributed by atoms with Crippen LogP contribution >= 0.6 is 0 Å². The fourth-order valence-corrected chi connectivity index (χ4v) is 2.28. The highest BCUT2D eigenvalue weighted by atomic mass is 19.1. The molecule has 1 aromatic carbocycles. The van der Waals surface area contributed by atoms with Crippen LogP contribution in [0.5, 0.6) is 5.75 Å². The smallest absolute Gasteiger partial charge is 0.355 e. The summed E-state index contributed by atoms with van der Waals surface area (Å²) in [6.45, 7) is 0. The molecule has 22 heavy (non-hydrogen) atoms. The van der Waals surface area contributed by atoms with Crippen molar-refractivity contribution in [1.82, 2.24) is 14.6 Å². The summed E-state index contributed by atoms with van der Waals surface area (Å²) in [6, 6.07) is 6.93. The van der Waals surface area contributed by atoms with Gasteiger partial charge in [0.2, 0.25) is 5.95 Å². The van der Waals surface area contributed by atoms with Gasteiger partial charge in [-0.3, -0.25) is 0 Å². The van der Waals surface area contributed by atoms with E-state index in [0.717, 1.165) is 4.52 Å². The number of pyridine rings is 1. The number of carboxylic acid groups (broad SMARTS) is 1. The van der Waals surface area contributed by atoms with Crippen molar-refractivity contribution in [2.45, 2.75) is 0 Å². The van der Waals surface area contributed by atoms with Crippen molar-refractivity contribution < 1.29 is 19.0 Å². The van der Waals surface area contributed by atoms with Crippen molar-refractivity contribution in [3.63, 3.8) is 0 Å². The van der Waals surface area contributed by atoms with Crippen LogP contribution in [0.1, 0.15) is 10.5 Å². The molecule has 0 bridgehead atoms. The third-order valence-electron chi connectivity index (χ3n) is 3.17. The topological polar surface area (TPSA) is 103 Å². The molecule has 0 radical (unpaired) electrons. The molecule has 3 aromatic rings. The molecule has 0 fully saturated rings. The third kappa shape index (κ3) is 2.10. The predicted molar refractivity (Wildman–Crippen MR) is 76.3 cm³/mol. The molecule has 0 aliphatic heterocycles. The van der Waals surface area contributed by atoms with Crippen LogP contribution in [-0.2, 0) is 0 Å². The Kier molecular flexibility index (Phi) is 3.13. The Balaban J connectivity index is 2.38. The minimum Gasteiger partial charge on any atom is -0.496 e. The van der Waals surface area contributed by atoms with Gasteiger partial charge in [0.1, 0.15) is 11.6 Å². The number of hydrogen-bond donors (Lipinski definition) is 2. The summed E-state index contributed by atoms with van der Waals surface area (Å²) in [7, 11) is 1.42. The van der Waals surface area contributed by atoms with E-state index in [1.165, 1.54) is 31.4 Å². The second kappa shape index (κ2) is 4.99. The summed E-state index contributed by atoms with van der Waals surface area (Å²) < 4.78 is 19.8. The van der Waals surface area contributed by atoms with E-state index in [2.05, 4.69) is 10.1 Å². The first kappa shape index (κ1) is 13.8. The fraction of sp³-hybridized carbons (Fsp3) is 0.0714. The number of benzene rings is 1. The Morgan fingerprint density at radius 2 is 2.09 bits per heavy atom. The number of methoxy groups -OCH3 is 1. The van der Waals surface area contributed by atoms with Crippen LogP contribution in [0.3, 0.4) is 0 Å². The Labute approximate surface area is 123 Å². The monoisotopic (exact) mass is 302 g/mol. The van der Waals surface area contributed by atoms with E-state index in [0.29, 0.717) is 11.3 Å². The zero-order valence-corrected chi connectivity index (χ0v) is 11.4. The number of rotatable bonds is 3. The SMILES string of the molecule is COc1ccc(F)cc1-c1ccc2nc(N)nn2c1C(=O)O. The molecule has 3 N–H and O–H groups in total. The molecule has 0 spiro atoms. The quantitative estimate of drug-likeness (QED) is 0.765. The van der Waals surface area contributed by atoms with Gasteiger partial charge in [0.25, 0.3) is 0 Å². The second-order valence-corrected chi connectivity index (χ2v) is 4.49. The molecule has 0 saturated carbocycles. The largest absolute Gasteiger partial charge is 0.496 e. The van der Waals surface area contributed by atoms with Crippen molar-refractivity contribution in [3.05, 3.63) is 41.8 Å². The van der Waals surface area contributed by atoms with Gasteiger partial charge in [-0.05, 0) is 30.3 Å². The van der Waals surface area contributed by atoms with E-state index in [1.54, 1.807) is 6.07 Å². The molecule has 0 unspecified atom stereocenters. The first-order chi connectivity index (χ1) is 10.5. The van der Waals surface area contributed by atoms with Crippen LogP contribution in [-0.4, -0.2) is 32.8 Å². The predicted octanol–water partition coefficient (Wildman–Crippen LogP) is 1.82. The lowest BCUT2D eigenvalue weighted by atomic mass is 10.0. The summed E-state index contributed by atoms with van der Waals surface area (Å²) in [5.74, 6) is -1.45.